The first-order valence-electron chi connectivity index (χ1n) is 4.68. The molecule has 1 N–H and O–H groups in total. The summed E-state index contributed by atoms with van der Waals surface area (Å²) in [4.78, 5) is 16.7. The molecule has 0 bridgehead atoms. The van der Waals surface area contributed by atoms with E-state index in [1.807, 2.05) is 20.8 Å². The Morgan fingerprint density at radius 3 is 2.21 bits per heavy atom. The number of nitrogens with zero attached hydrogens (tertiary/aromatic N) is 1. The Morgan fingerprint density at radius 1 is 1.29 bits per heavy atom. The summed E-state index contributed by atoms with van der Waals surface area (Å²) < 4.78 is 0. The molecule has 0 atom stereocenters. The maximum atomic E-state index is 11.4. The molecular formula is C9H19ClN2O2. The standard InChI is InChI=1S/C9H18N2O2.ClH/c1-9(2,3)8(12)13-11-6-4-10-5-7-11;/h10H,4-7H2,1-3H3;1H. The molecule has 1 rings (SSSR count). The molecule has 1 aliphatic heterocycles. The second-order valence-corrected chi connectivity index (χ2v) is 4.31. The smallest absolute Gasteiger partial charge is 0.330 e. The van der Waals surface area contributed by atoms with E-state index >= 15 is 0 Å². The summed E-state index contributed by atoms with van der Waals surface area (Å²) in [5.74, 6) is -0.158. The molecule has 5 heteroatoms. The fourth-order valence-electron chi connectivity index (χ4n) is 0.990. The molecular weight excluding hydrogens is 204 g/mol. The molecule has 1 heterocycles. The van der Waals surface area contributed by atoms with Crippen LogP contribution < -0.4 is 5.32 Å². The van der Waals surface area contributed by atoms with Crippen molar-refractivity contribution in [2.75, 3.05) is 26.2 Å². The van der Waals surface area contributed by atoms with Gasteiger partial charge in [0.15, 0.2) is 0 Å². The SMILES string of the molecule is CC(C)(C)C(=O)ON1CCNCC1.Cl. The van der Waals surface area contributed by atoms with Gasteiger partial charge >= 0.3 is 5.97 Å². The number of halogens is 1. The summed E-state index contributed by atoms with van der Waals surface area (Å²) in [6, 6.07) is 0. The van der Waals surface area contributed by atoms with Gasteiger partial charge in [-0.2, -0.15) is 0 Å². The van der Waals surface area contributed by atoms with Crippen molar-refractivity contribution in [3.63, 3.8) is 0 Å². The molecule has 0 aromatic rings. The molecule has 0 radical (unpaired) electrons. The summed E-state index contributed by atoms with van der Waals surface area (Å²) in [6.07, 6.45) is 0. The number of carbonyl (C=O) groups excluding carboxylic acids is 1. The lowest BCUT2D eigenvalue weighted by Crippen LogP contribution is -2.45. The van der Waals surface area contributed by atoms with Crippen LogP contribution in [0.15, 0.2) is 0 Å². The third-order valence-electron chi connectivity index (χ3n) is 1.90. The van der Waals surface area contributed by atoms with Crippen LogP contribution >= 0.6 is 12.4 Å². The number of nitrogens with one attached hydrogen (secondary N) is 1. The van der Waals surface area contributed by atoms with Crippen LogP contribution in [0.25, 0.3) is 0 Å². The van der Waals surface area contributed by atoms with Crippen molar-refractivity contribution < 1.29 is 9.63 Å². The van der Waals surface area contributed by atoms with Gasteiger partial charge in [-0.15, -0.1) is 17.5 Å². The van der Waals surface area contributed by atoms with E-state index in [-0.39, 0.29) is 18.4 Å². The summed E-state index contributed by atoms with van der Waals surface area (Å²) >= 11 is 0. The molecule has 0 aromatic heterocycles. The zero-order valence-electron chi connectivity index (χ0n) is 9.00. The minimum atomic E-state index is -0.412. The first-order valence-corrected chi connectivity index (χ1v) is 4.68. The molecule has 0 saturated carbocycles. The van der Waals surface area contributed by atoms with Gasteiger partial charge in [0.05, 0.1) is 5.41 Å². The van der Waals surface area contributed by atoms with Crippen molar-refractivity contribution in [1.29, 1.82) is 0 Å². The number of hydroxylamine groups is 2. The zero-order valence-corrected chi connectivity index (χ0v) is 9.82. The molecule has 0 unspecified atom stereocenters. The molecule has 14 heavy (non-hydrogen) atoms. The van der Waals surface area contributed by atoms with Gasteiger partial charge in [-0.1, -0.05) is 0 Å². The highest BCUT2D eigenvalue weighted by atomic mass is 35.5. The topological polar surface area (TPSA) is 41.6 Å². The largest absolute Gasteiger partial charge is 0.367 e. The Hall–Kier alpha value is -0.320. The van der Waals surface area contributed by atoms with Gasteiger partial charge in [0.1, 0.15) is 0 Å². The molecule has 0 amide bonds. The van der Waals surface area contributed by atoms with Gasteiger partial charge in [0.2, 0.25) is 0 Å². The van der Waals surface area contributed by atoms with E-state index in [9.17, 15) is 4.79 Å². The van der Waals surface area contributed by atoms with Crippen LogP contribution in [0.4, 0.5) is 0 Å². The number of hydrogen-bond donors (Lipinski definition) is 1. The van der Waals surface area contributed by atoms with Crippen LogP contribution in [0.1, 0.15) is 20.8 Å². The van der Waals surface area contributed by atoms with E-state index in [1.165, 1.54) is 0 Å². The van der Waals surface area contributed by atoms with Crippen LogP contribution in [0, 0.1) is 5.41 Å². The van der Waals surface area contributed by atoms with Crippen molar-refractivity contribution in [2.45, 2.75) is 20.8 Å². The molecule has 0 aliphatic carbocycles. The van der Waals surface area contributed by atoms with Crippen LogP contribution in [0.3, 0.4) is 0 Å². The van der Waals surface area contributed by atoms with E-state index in [1.54, 1.807) is 5.06 Å². The fraction of sp³-hybridized carbons (Fsp3) is 0.889. The predicted octanol–water partition coefficient (Wildman–Crippen LogP) is 0.818. The quantitative estimate of drug-likeness (QED) is 0.713. The van der Waals surface area contributed by atoms with Gasteiger partial charge in [-0.3, -0.25) is 0 Å². The van der Waals surface area contributed by atoms with Crippen LogP contribution in [-0.2, 0) is 9.63 Å². The van der Waals surface area contributed by atoms with Gasteiger partial charge in [0, 0.05) is 26.2 Å². The first-order chi connectivity index (χ1) is 6.00. The lowest BCUT2D eigenvalue weighted by atomic mass is 9.98. The van der Waals surface area contributed by atoms with E-state index in [2.05, 4.69) is 5.32 Å². The summed E-state index contributed by atoms with van der Waals surface area (Å²) in [5, 5.41) is 4.92. The van der Waals surface area contributed by atoms with E-state index in [4.69, 9.17) is 4.84 Å². The Balaban J connectivity index is 0.00000169. The van der Waals surface area contributed by atoms with Gasteiger partial charge in [0.25, 0.3) is 0 Å². The second kappa shape index (κ2) is 5.53. The van der Waals surface area contributed by atoms with Gasteiger partial charge in [-0.05, 0) is 20.8 Å². The van der Waals surface area contributed by atoms with Crippen molar-refractivity contribution >= 4 is 18.4 Å². The average Bonchev–Trinajstić information content (AvgIpc) is 2.04. The Bertz CT molecular complexity index is 186. The third-order valence-corrected chi connectivity index (χ3v) is 1.90. The highest BCUT2D eigenvalue weighted by molar-refractivity contribution is 5.85. The van der Waals surface area contributed by atoms with Crippen molar-refractivity contribution in [3.05, 3.63) is 0 Å². The zero-order chi connectivity index (χ0) is 9.90. The highest BCUT2D eigenvalue weighted by Crippen LogP contribution is 2.16. The summed E-state index contributed by atoms with van der Waals surface area (Å²) in [5.41, 5.74) is -0.412. The number of rotatable bonds is 1. The van der Waals surface area contributed by atoms with Crippen molar-refractivity contribution in [1.82, 2.24) is 10.4 Å². The highest BCUT2D eigenvalue weighted by Gasteiger charge is 2.26. The van der Waals surface area contributed by atoms with Crippen LogP contribution in [0.2, 0.25) is 0 Å². The molecule has 0 spiro atoms. The van der Waals surface area contributed by atoms with E-state index in [0.717, 1.165) is 26.2 Å². The number of hydrogen-bond acceptors (Lipinski definition) is 4. The monoisotopic (exact) mass is 222 g/mol. The Kier molecular flexibility index (Phi) is 5.41. The molecule has 1 aliphatic rings. The van der Waals surface area contributed by atoms with Gasteiger partial charge in [-0.25, -0.2) is 4.79 Å². The third kappa shape index (κ3) is 4.26. The lowest BCUT2D eigenvalue weighted by molar-refractivity contribution is -0.202. The second-order valence-electron chi connectivity index (χ2n) is 4.31. The normalized spacial score (nSPS) is 18.5. The lowest BCUT2D eigenvalue weighted by Gasteiger charge is -2.28. The molecule has 1 fully saturated rings. The number of piperazine rings is 1. The maximum absolute atomic E-state index is 11.4. The Morgan fingerprint density at radius 2 is 1.79 bits per heavy atom. The van der Waals surface area contributed by atoms with Crippen molar-refractivity contribution in [2.24, 2.45) is 5.41 Å². The molecule has 1 saturated heterocycles. The molecule has 84 valence electrons. The van der Waals surface area contributed by atoms with Crippen LogP contribution in [0.5, 0.6) is 0 Å². The minimum Gasteiger partial charge on any atom is -0.367 e. The summed E-state index contributed by atoms with van der Waals surface area (Å²) in [7, 11) is 0. The maximum Gasteiger partial charge on any atom is 0.330 e. The fourth-order valence-corrected chi connectivity index (χ4v) is 0.990. The molecule has 0 aromatic carbocycles. The van der Waals surface area contributed by atoms with Crippen molar-refractivity contribution in [3.8, 4) is 0 Å². The molecule has 4 nitrogen and oxygen atoms in total. The van der Waals surface area contributed by atoms with Gasteiger partial charge < -0.3 is 10.2 Å². The average molecular weight is 223 g/mol. The first kappa shape index (κ1) is 13.7. The number of carbonyl (C=O) groups is 1. The van der Waals surface area contributed by atoms with E-state index in [0.29, 0.717) is 0 Å². The Labute approximate surface area is 91.3 Å². The van der Waals surface area contributed by atoms with E-state index < -0.39 is 5.41 Å². The minimum absolute atomic E-state index is 0. The van der Waals surface area contributed by atoms with Crippen LogP contribution in [-0.4, -0.2) is 37.2 Å². The summed E-state index contributed by atoms with van der Waals surface area (Å²) in [6.45, 7) is 8.91. The predicted molar refractivity (Wildman–Crippen MR) is 57.2 cm³/mol.